The van der Waals surface area contributed by atoms with Crippen LogP contribution in [0.4, 0.5) is 27.9 Å². The fourth-order valence-electron chi connectivity index (χ4n) is 3.42. The molecule has 1 aromatic carbocycles. The number of fused-ring (bicyclic) bond motifs is 1. The second kappa shape index (κ2) is 8.68. The molecule has 0 saturated heterocycles. The Balaban J connectivity index is 2.14. The topological polar surface area (TPSA) is 153 Å². The molecule has 33 heavy (non-hydrogen) atoms. The molecule has 3 heterocycles. The van der Waals surface area contributed by atoms with Crippen molar-refractivity contribution in [2.24, 2.45) is 0 Å². The predicted octanol–water partition coefficient (Wildman–Crippen LogP) is 2.95. The number of hydrogen-bond acceptors (Lipinski definition) is 9. The molecule has 0 bridgehead atoms. The van der Waals surface area contributed by atoms with Gasteiger partial charge in [0.2, 0.25) is 11.9 Å². The number of nitriles is 1. The molecule has 0 fully saturated rings. The first-order chi connectivity index (χ1) is 15.8. The summed E-state index contributed by atoms with van der Waals surface area (Å²) in [5.41, 5.74) is 11.5. The molecule has 4 N–H and O–H groups in total. The molecule has 0 amide bonds. The van der Waals surface area contributed by atoms with Crippen molar-refractivity contribution < 1.29 is 4.39 Å². The monoisotopic (exact) mass is 465 g/mol. The van der Waals surface area contributed by atoms with Crippen LogP contribution in [0.3, 0.4) is 0 Å². The normalized spacial score (nSPS) is 10.8. The summed E-state index contributed by atoms with van der Waals surface area (Å²) in [7, 11) is 0. The quantitative estimate of drug-likeness (QED) is 0.452. The standard InChI is InChI=1S/C21H17ClFN9O/c1-2-6-31(18-13(8-24)17(25)29-20(26)30-18)21-28-15-5-3-4-14(22)16(15)19(33)32(21)12-7-11(23)9-27-10-12/h3-5,7,9-10H,2,6H2,1H3,(H4,25,26,29,30). The molecule has 10 nitrogen and oxygen atoms in total. The van der Waals surface area contributed by atoms with Gasteiger partial charge in [0.15, 0.2) is 5.82 Å². The van der Waals surface area contributed by atoms with Crippen LogP contribution in [0.15, 0.2) is 41.5 Å². The van der Waals surface area contributed by atoms with E-state index in [1.54, 1.807) is 18.2 Å². The highest BCUT2D eigenvalue weighted by Gasteiger charge is 2.25. The number of benzene rings is 1. The molecule has 0 spiro atoms. The van der Waals surface area contributed by atoms with Crippen molar-refractivity contribution in [2.75, 3.05) is 22.9 Å². The molecule has 0 aliphatic heterocycles. The number of nitrogens with two attached hydrogens (primary N) is 2. The second-order valence-electron chi connectivity index (χ2n) is 6.98. The van der Waals surface area contributed by atoms with E-state index in [-0.39, 0.29) is 51.7 Å². The van der Waals surface area contributed by atoms with E-state index in [0.29, 0.717) is 11.9 Å². The van der Waals surface area contributed by atoms with Gasteiger partial charge in [-0.1, -0.05) is 24.6 Å². The average molecular weight is 466 g/mol. The third-order valence-corrected chi connectivity index (χ3v) is 5.08. The van der Waals surface area contributed by atoms with Gasteiger partial charge in [0.1, 0.15) is 23.3 Å². The highest BCUT2D eigenvalue weighted by molar-refractivity contribution is 6.35. The zero-order valence-electron chi connectivity index (χ0n) is 17.3. The van der Waals surface area contributed by atoms with Gasteiger partial charge in [-0.3, -0.25) is 14.7 Å². The summed E-state index contributed by atoms with van der Waals surface area (Å²) in [5.74, 6) is -0.812. The molecule has 166 valence electrons. The van der Waals surface area contributed by atoms with Gasteiger partial charge < -0.3 is 11.5 Å². The molecule has 0 unspecified atom stereocenters. The smallest absolute Gasteiger partial charge is 0.268 e. The molecule has 0 radical (unpaired) electrons. The van der Waals surface area contributed by atoms with Crippen molar-refractivity contribution in [1.29, 1.82) is 5.26 Å². The first-order valence-corrected chi connectivity index (χ1v) is 10.2. The minimum absolute atomic E-state index is 0.0398. The third kappa shape index (κ3) is 3.88. The molecule has 4 rings (SSSR count). The van der Waals surface area contributed by atoms with E-state index >= 15 is 0 Å². The van der Waals surface area contributed by atoms with Crippen molar-refractivity contribution in [3.63, 3.8) is 0 Å². The van der Waals surface area contributed by atoms with Gasteiger partial charge >= 0.3 is 0 Å². The van der Waals surface area contributed by atoms with Crippen LogP contribution in [0, 0.1) is 17.1 Å². The lowest BCUT2D eigenvalue weighted by atomic mass is 10.2. The summed E-state index contributed by atoms with van der Waals surface area (Å²) in [4.78, 5) is 31.7. The van der Waals surface area contributed by atoms with Crippen molar-refractivity contribution in [2.45, 2.75) is 13.3 Å². The zero-order chi connectivity index (χ0) is 23.7. The Kier molecular flexibility index (Phi) is 5.76. The van der Waals surface area contributed by atoms with Crippen molar-refractivity contribution in [1.82, 2.24) is 24.5 Å². The highest BCUT2D eigenvalue weighted by Crippen LogP contribution is 2.31. The molecule has 3 aromatic heterocycles. The Morgan fingerprint density at radius 1 is 1.24 bits per heavy atom. The van der Waals surface area contributed by atoms with E-state index < -0.39 is 11.4 Å². The number of rotatable bonds is 5. The van der Waals surface area contributed by atoms with Crippen LogP contribution in [0.1, 0.15) is 18.9 Å². The molecular formula is C21H17ClFN9O. The second-order valence-corrected chi connectivity index (χ2v) is 7.38. The zero-order valence-corrected chi connectivity index (χ0v) is 18.1. The van der Waals surface area contributed by atoms with Crippen LogP contribution in [0.2, 0.25) is 5.02 Å². The van der Waals surface area contributed by atoms with Crippen LogP contribution >= 0.6 is 11.6 Å². The molecule has 0 aliphatic rings. The maximum Gasteiger partial charge on any atom is 0.268 e. The van der Waals surface area contributed by atoms with Crippen LogP contribution in [0.25, 0.3) is 16.6 Å². The minimum atomic E-state index is -0.653. The maximum atomic E-state index is 14.1. The fourth-order valence-corrected chi connectivity index (χ4v) is 3.68. The lowest BCUT2D eigenvalue weighted by molar-refractivity contribution is 0.619. The maximum absolute atomic E-state index is 14.1. The lowest BCUT2D eigenvalue weighted by Gasteiger charge is -2.26. The summed E-state index contributed by atoms with van der Waals surface area (Å²) in [5, 5.41) is 10.0. The summed E-state index contributed by atoms with van der Waals surface area (Å²) >= 11 is 6.30. The predicted molar refractivity (Wildman–Crippen MR) is 123 cm³/mol. The van der Waals surface area contributed by atoms with Gasteiger partial charge in [-0.2, -0.15) is 15.2 Å². The van der Waals surface area contributed by atoms with E-state index in [0.717, 1.165) is 16.8 Å². The summed E-state index contributed by atoms with van der Waals surface area (Å²) in [6.45, 7) is 2.16. The van der Waals surface area contributed by atoms with Gasteiger partial charge in [-0.15, -0.1) is 0 Å². The molecule has 0 saturated carbocycles. The summed E-state index contributed by atoms with van der Waals surface area (Å²) in [6, 6.07) is 7.95. The fraction of sp³-hybridized carbons (Fsp3) is 0.143. The first-order valence-electron chi connectivity index (χ1n) is 9.78. The number of pyridine rings is 1. The molecule has 0 atom stereocenters. The van der Waals surface area contributed by atoms with Crippen LogP contribution in [-0.4, -0.2) is 31.0 Å². The number of nitrogen functional groups attached to an aromatic ring is 2. The van der Waals surface area contributed by atoms with E-state index in [1.807, 2.05) is 13.0 Å². The molecular weight excluding hydrogens is 449 g/mol. The summed E-state index contributed by atoms with van der Waals surface area (Å²) < 4.78 is 15.2. The Hall–Kier alpha value is -4.30. The van der Waals surface area contributed by atoms with Gasteiger partial charge in [-0.05, 0) is 18.6 Å². The van der Waals surface area contributed by atoms with Crippen LogP contribution < -0.4 is 21.9 Å². The number of anilines is 4. The lowest BCUT2D eigenvalue weighted by Crippen LogP contribution is -2.31. The Labute approximate surface area is 191 Å². The molecule has 12 heteroatoms. The van der Waals surface area contributed by atoms with E-state index in [2.05, 4.69) is 19.9 Å². The van der Waals surface area contributed by atoms with Crippen molar-refractivity contribution >= 4 is 46.0 Å². The van der Waals surface area contributed by atoms with Gasteiger partial charge in [0, 0.05) is 12.6 Å². The van der Waals surface area contributed by atoms with E-state index in [9.17, 15) is 14.4 Å². The van der Waals surface area contributed by atoms with Crippen LogP contribution in [-0.2, 0) is 0 Å². The first kappa shape index (κ1) is 21.9. The third-order valence-electron chi connectivity index (χ3n) is 4.77. The Bertz CT molecular complexity index is 1480. The number of nitrogens with zero attached hydrogens (tertiary/aromatic N) is 7. The summed E-state index contributed by atoms with van der Waals surface area (Å²) in [6.07, 6.45) is 2.90. The number of aromatic nitrogens is 5. The molecule has 0 aliphatic carbocycles. The Morgan fingerprint density at radius 3 is 2.73 bits per heavy atom. The number of hydrogen-bond donors (Lipinski definition) is 2. The van der Waals surface area contributed by atoms with E-state index in [1.165, 1.54) is 11.1 Å². The average Bonchev–Trinajstić information content (AvgIpc) is 2.77. The van der Waals surface area contributed by atoms with Gasteiger partial charge in [-0.25, -0.2) is 13.9 Å². The van der Waals surface area contributed by atoms with Gasteiger partial charge in [0.05, 0.1) is 34.0 Å². The van der Waals surface area contributed by atoms with Gasteiger partial charge in [0.25, 0.3) is 5.56 Å². The largest absolute Gasteiger partial charge is 0.382 e. The van der Waals surface area contributed by atoms with E-state index in [4.69, 9.17) is 23.1 Å². The number of halogens is 2. The van der Waals surface area contributed by atoms with Crippen molar-refractivity contribution in [3.8, 4) is 11.8 Å². The molecule has 4 aromatic rings. The minimum Gasteiger partial charge on any atom is -0.382 e. The highest BCUT2D eigenvalue weighted by atomic mass is 35.5. The van der Waals surface area contributed by atoms with Crippen LogP contribution in [0.5, 0.6) is 0 Å². The SMILES string of the molecule is CCCN(c1nc(N)nc(N)c1C#N)c1nc2cccc(Cl)c2c(=O)n1-c1cncc(F)c1. The Morgan fingerprint density at radius 2 is 2.03 bits per heavy atom. The van der Waals surface area contributed by atoms with Crippen molar-refractivity contribution in [3.05, 3.63) is 63.4 Å².